The Kier molecular flexibility index (Phi) is 6.59. The predicted octanol–water partition coefficient (Wildman–Crippen LogP) is 1.80. The number of anilines is 1. The first-order chi connectivity index (χ1) is 14.3. The lowest BCUT2D eigenvalue weighted by Gasteiger charge is -2.38. The van der Waals surface area contributed by atoms with Crippen molar-refractivity contribution in [2.24, 2.45) is 5.73 Å². The number of carbonyl (C=O) groups is 2. The van der Waals surface area contributed by atoms with Gasteiger partial charge in [0.05, 0.1) is 0 Å². The Bertz CT molecular complexity index is 857. The molecule has 1 heterocycles. The van der Waals surface area contributed by atoms with Crippen LogP contribution in [0.4, 0.5) is 10.5 Å². The van der Waals surface area contributed by atoms with Crippen molar-refractivity contribution in [3.05, 3.63) is 54.6 Å². The van der Waals surface area contributed by atoms with E-state index < -0.39 is 17.5 Å². The number of nitrogens with one attached hydrogen (secondary N) is 2. The molecule has 1 saturated heterocycles. The number of nitrogens with two attached hydrogens (primary N) is 1. The first-order valence-electron chi connectivity index (χ1n) is 9.98. The summed E-state index contributed by atoms with van der Waals surface area (Å²) in [6.45, 7) is 5.63. The number of hydrogen-bond donors (Lipinski definition) is 4. The molecule has 0 aliphatic carbocycles. The van der Waals surface area contributed by atoms with Gasteiger partial charge in [-0.25, -0.2) is 10.3 Å². The largest absolute Gasteiger partial charge is 0.368 e. The smallest absolute Gasteiger partial charge is 0.318 e. The van der Waals surface area contributed by atoms with Crippen LogP contribution < -0.4 is 21.4 Å². The van der Waals surface area contributed by atoms with Gasteiger partial charge in [-0.2, -0.15) is 0 Å². The molecule has 3 amide bonds. The van der Waals surface area contributed by atoms with Gasteiger partial charge in [-0.1, -0.05) is 42.5 Å². The van der Waals surface area contributed by atoms with Crippen LogP contribution in [0.3, 0.4) is 0 Å². The maximum atomic E-state index is 12.6. The fraction of sp³-hybridized carbons (Fsp3) is 0.364. The number of piperazine rings is 1. The fourth-order valence-corrected chi connectivity index (χ4v) is 3.53. The Morgan fingerprint density at radius 2 is 1.53 bits per heavy atom. The first-order valence-corrected chi connectivity index (χ1v) is 9.98. The molecule has 5 N–H and O–H groups in total. The average molecular weight is 412 g/mol. The van der Waals surface area contributed by atoms with E-state index in [1.807, 2.05) is 18.2 Å². The second-order valence-corrected chi connectivity index (χ2v) is 8.07. The Labute approximate surface area is 176 Å². The Morgan fingerprint density at radius 3 is 2.07 bits per heavy atom. The summed E-state index contributed by atoms with van der Waals surface area (Å²) >= 11 is 0. The number of rotatable bonds is 5. The molecule has 2 aromatic carbocycles. The molecule has 1 aliphatic rings. The van der Waals surface area contributed by atoms with Gasteiger partial charge < -0.3 is 20.9 Å². The van der Waals surface area contributed by atoms with Gasteiger partial charge in [-0.05, 0) is 37.1 Å². The molecule has 0 aromatic heterocycles. The molecule has 160 valence electrons. The van der Waals surface area contributed by atoms with Crippen LogP contribution in [-0.4, -0.2) is 59.8 Å². The summed E-state index contributed by atoms with van der Waals surface area (Å²) in [4.78, 5) is 28.3. The molecule has 8 nitrogen and oxygen atoms in total. The Hall–Kier alpha value is -3.10. The van der Waals surface area contributed by atoms with Crippen LogP contribution in [0, 0.1) is 0 Å². The molecule has 0 unspecified atom stereocenters. The summed E-state index contributed by atoms with van der Waals surface area (Å²) in [5.41, 5.74) is 9.96. The third-order valence-electron chi connectivity index (χ3n) is 5.29. The Morgan fingerprint density at radius 1 is 0.967 bits per heavy atom. The fourth-order valence-electron chi connectivity index (χ4n) is 3.53. The zero-order valence-corrected chi connectivity index (χ0v) is 17.3. The number of urea groups is 1. The second-order valence-electron chi connectivity index (χ2n) is 8.07. The summed E-state index contributed by atoms with van der Waals surface area (Å²) in [5.74, 6) is -0.743. The predicted molar refractivity (Wildman–Crippen MR) is 116 cm³/mol. The van der Waals surface area contributed by atoms with E-state index in [1.165, 1.54) is 5.56 Å². The molecular weight excluding hydrogens is 382 g/mol. The molecule has 8 heteroatoms. The quantitative estimate of drug-likeness (QED) is 0.443. The van der Waals surface area contributed by atoms with Crippen LogP contribution in [0.5, 0.6) is 0 Å². The summed E-state index contributed by atoms with van der Waals surface area (Å²) < 4.78 is 0. The normalized spacial score (nSPS) is 15.5. The molecule has 1 aliphatic heterocycles. The van der Waals surface area contributed by atoms with Crippen LogP contribution in [0.1, 0.15) is 13.8 Å². The minimum absolute atomic E-state index is 0.374. The number of hydrogen-bond acceptors (Lipinski definition) is 5. The van der Waals surface area contributed by atoms with Crippen molar-refractivity contribution in [1.29, 1.82) is 0 Å². The molecular formula is C22H29N5O3. The maximum absolute atomic E-state index is 12.6. The van der Waals surface area contributed by atoms with Crippen molar-refractivity contribution < 1.29 is 14.8 Å². The van der Waals surface area contributed by atoms with E-state index >= 15 is 0 Å². The van der Waals surface area contributed by atoms with E-state index in [9.17, 15) is 9.59 Å². The van der Waals surface area contributed by atoms with Crippen molar-refractivity contribution in [1.82, 2.24) is 15.7 Å². The number of carbonyl (C=O) groups excluding carboxylic acids is 2. The van der Waals surface area contributed by atoms with Crippen molar-refractivity contribution in [3.63, 3.8) is 0 Å². The highest BCUT2D eigenvalue weighted by atomic mass is 16.5. The highest BCUT2D eigenvalue weighted by molar-refractivity contribution is 5.87. The lowest BCUT2D eigenvalue weighted by atomic mass is 9.95. The van der Waals surface area contributed by atoms with Gasteiger partial charge in [-0.3, -0.25) is 10.0 Å². The first kappa shape index (κ1) is 21.6. The number of benzene rings is 2. The highest BCUT2D eigenvalue weighted by Crippen LogP contribution is 2.23. The van der Waals surface area contributed by atoms with Crippen molar-refractivity contribution in [2.75, 3.05) is 31.1 Å². The SMILES string of the molecule is CC(C)(N)[C@H](NC(=O)N1CCN(c2ccc(-c3ccccc3)cc2)CC1)C(=O)NO. The summed E-state index contributed by atoms with van der Waals surface area (Å²) in [5, 5.41) is 11.5. The molecule has 2 aromatic rings. The zero-order chi connectivity index (χ0) is 21.7. The van der Waals surface area contributed by atoms with Gasteiger partial charge in [-0.15, -0.1) is 0 Å². The van der Waals surface area contributed by atoms with Gasteiger partial charge in [0.1, 0.15) is 6.04 Å². The minimum atomic E-state index is -1.04. The molecule has 0 spiro atoms. The molecule has 0 bridgehead atoms. The topological polar surface area (TPSA) is 111 Å². The third kappa shape index (κ3) is 5.08. The number of hydroxylamine groups is 1. The van der Waals surface area contributed by atoms with Gasteiger partial charge in [0, 0.05) is 37.4 Å². The van der Waals surface area contributed by atoms with Crippen LogP contribution in [-0.2, 0) is 4.79 Å². The molecule has 0 saturated carbocycles. The Balaban J connectivity index is 1.58. The molecule has 30 heavy (non-hydrogen) atoms. The maximum Gasteiger partial charge on any atom is 0.318 e. The average Bonchev–Trinajstić information content (AvgIpc) is 2.77. The third-order valence-corrected chi connectivity index (χ3v) is 5.29. The van der Waals surface area contributed by atoms with Crippen molar-refractivity contribution in [3.8, 4) is 11.1 Å². The molecule has 0 radical (unpaired) electrons. The van der Waals surface area contributed by atoms with E-state index in [0.717, 1.165) is 11.3 Å². The second kappa shape index (κ2) is 9.15. The highest BCUT2D eigenvalue weighted by Gasteiger charge is 2.35. The minimum Gasteiger partial charge on any atom is -0.368 e. The van der Waals surface area contributed by atoms with Crippen LogP contribution in [0.25, 0.3) is 11.1 Å². The summed E-state index contributed by atoms with van der Waals surface area (Å²) in [6.07, 6.45) is 0. The van der Waals surface area contributed by atoms with Gasteiger partial charge in [0.15, 0.2) is 0 Å². The lowest BCUT2D eigenvalue weighted by Crippen LogP contribution is -2.64. The van der Waals surface area contributed by atoms with Crippen molar-refractivity contribution in [2.45, 2.75) is 25.4 Å². The molecule has 3 rings (SSSR count). The van der Waals surface area contributed by atoms with Crippen LogP contribution >= 0.6 is 0 Å². The van der Waals surface area contributed by atoms with Gasteiger partial charge >= 0.3 is 6.03 Å². The van der Waals surface area contributed by atoms with Gasteiger partial charge in [0.2, 0.25) is 0 Å². The number of amides is 3. The van der Waals surface area contributed by atoms with Crippen molar-refractivity contribution >= 4 is 17.6 Å². The molecule has 1 fully saturated rings. The van der Waals surface area contributed by atoms with E-state index in [2.05, 4.69) is 46.6 Å². The van der Waals surface area contributed by atoms with E-state index in [-0.39, 0.29) is 6.03 Å². The molecule has 1 atom stereocenters. The van der Waals surface area contributed by atoms with Crippen LogP contribution in [0.15, 0.2) is 54.6 Å². The number of nitrogens with zero attached hydrogens (tertiary/aromatic N) is 2. The van der Waals surface area contributed by atoms with E-state index in [0.29, 0.717) is 26.2 Å². The van der Waals surface area contributed by atoms with E-state index in [4.69, 9.17) is 10.9 Å². The standard InChI is InChI=1S/C22H29N5O3/c1-22(2,23)19(20(28)25-30)24-21(29)27-14-12-26(13-15-27)18-10-8-17(9-11-18)16-6-4-3-5-7-16/h3-11,19,30H,12-15,23H2,1-2H3,(H,24,29)(H,25,28)/t19-/m1/s1. The van der Waals surface area contributed by atoms with Gasteiger partial charge in [0.25, 0.3) is 5.91 Å². The summed E-state index contributed by atoms with van der Waals surface area (Å²) in [7, 11) is 0. The monoisotopic (exact) mass is 411 g/mol. The van der Waals surface area contributed by atoms with Crippen LogP contribution in [0.2, 0.25) is 0 Å². The summed E-state index contributed by atoms with van der Waals surface area (Å²) in [6, 6.07) is 17.2. The lowest BCUT2D eigenvalue weighted by molar-refractivity contribution is -0.132. The zero-order valence-electron chi connectivity index (χ0n) is 17.3. The van der Waals surface area contributed by atoms with E-state index in [1.54, 1.807) is 24.2 Å².